The van der Waals surface area contributed by atoms with Crippen molar-refractivity contribution in [2.45, 2.75) is 12.5 Å². The number of rotatable bonds is 8. The van der Waals surface area contributed by atoms with Crippen LogP contribution in [0.5, 0.6) is 11.5 Å². The van der Waals surface area contributed by atoms with Crippen molar-refractivity contribution in [3.05, 3.63) is 18.2 Å². The molecule has 1 saturated heterocycles. The monoisotopic (exact) mass is 369 g/mol. The SMILES string of the molecule is COc1ccc(N2C(=O)[C@H](CCSC)NC2=S)cc1OCC(N)=O. The Bertz CT molecular complexity index is 654. The van der Waals surface area contributed by atoms with Gasteiger partial charge in [0, 0.05) is 6.07 Å². The Kier molecular flexibility index (Phi) is 6.27. The largest absolute Gasteiger partial charge is 0.493 e. The van der Waals surface area contributed by atoms with Crippen LogP contribution in [-0.4, -0.2) is 48.7 Å². The Morgan fingerprint density at radius 2 is 2.21 bits per heavy atom. The average Bonchev–Trinajstić information content (AvgIpc) is 2.84. The summed E-state index contributed by atoms with van der Waals surface area (Å²) >= 11 is 6.95. The summed E-state index contributed by atoms with van der Waals surface area (Å²) in [6, 6.07) is 4.63. The fourth-order valence-corrected chi connectivity index (χ4v) is 3.08. The van der Waals surface area contributed by atoms with Crippen LogP contribution in [0.15, 0.2) is 18.2 Å². The van der Waals surface area contributed by atoms with Crippen LogP contribution < -0.4 is 25.4 Å². The lowest BCUT2D eigenvalue weighted by Crippen LogP contribution is -2.31. The molecule has 9 heteroatoms. The first-order valence-electron chi connectivity index (χ1n) is 7.20. The van der Waals surface area contributed by atoms with E-state index in [1.54, 1.807) is 30.0 Å². The van der Waals surface area contributed by atoms with Crippen molar-refractivity contribution in [3.8, 4) is 11.5 Å². The fourth-order valence-electron chi connectivity index (χ4n) is 2.27. The number of thioether (sulfide) groups is 1. The number of benzene rings is 1. The molecule has 2 rings (SSSR count). The number of nitrogens with two attached hydrogens (primary N) is 1. The Balaban J connectivity index is 2.24. The minimum Gasteiger partial charge on any atom is -0.493 e. The topological polar surface area (TPSA) is 93.9 Å². The Hall–Kier alpha value is -2.00. The van der Waals surface area contributed by atoms with Crippen LogP contribution in [0.4, 0.5) is 5.69 Å². The summed E-state index contributed by atoms with van der Waals surface area (Å²) in [6.45, 7) is -0.285. The average molecular weight is 369 g/mol. The zero-order chi connectivity index (χ0) is 17.7. The van der Waals surface area contributed by atoms with Crippen LogP contribution >= 0.6 is 24.0 Å². The van der Waals surface area contributed by atoms with E-state index < -0.39 is 5.91 Å². The molecular weight excluding hydrogens is 350 g/mol. The maximum atomic E-state index is 12.6. The number of carbonyl (C=O) groups excluding carboxylic acids is 2. The molecule has 1 aliphatic heterocycles. The number of nitrogens with zero attached hydrogens (tertiary/aromatic N) is 1. The zero-order valence-electron chi connectivity index (χ0n) is 13.4. The van der Waals surface area contributed by atoms with Crippen molar-refractivity contribution in [3.63, 3.8) is 0 Å². The van der Waals surface area contributed by atoms with Gasteiger partial charge in [0.1, 0.15) is 6.04 Å². The van der Waals surface area contributed by atoms with Gasteiger partial charge in [-0.2, -0.15) is 11.8 Å². The number of thiocarbonyl (C=S) groups is 1. The molecule has 1 aromatic rings. The van der Waals surface area contributed by atoms with Crippen LogP contribution in [0.3, 0.4) is 0 Å². The van der Waals surface area contributed by atoms with Crippen molar-refractivity contribution in [1.82, 2.24) is 5.32 Å². The third-order valence-electron chi connectivity index (χ3n) is 3.41. The second-order valence-electron chi connectivity index (χ2n) is 5.05. The molecule has 0 aliphatic carbocycles. The van der Waals surface area contributed by atoms with E-state index in [0.29, 0.717) is 28.7 Å². The summed E-state index contributed by atoms with van der Waals surface area (Å²) in [4.78, 5) is 24.9. The molecule has 7 nitrogen and oxygen atoms in total. The highest BCUT2D eigenvalue weighted by Gasteiger charge is 2.36. The quantitative estimate of drug-likeness (QED) is 0.658. The molecule has 0 unspecified atom stereocenters. The van der Waals surface area contributed by atoms with Gasteiger partial charge in [-0.05, 0) is 42.8 Å². The Labute approximate surface area is 149 Å². The lowest BCUT2D eigenvalue weighted by Gasteiger charge is -2.17. The summed E-state index contributed by atoms with van der Waals surface area (Å²) in [5.74, 6) is 0.894. The minimum absolute atomic E-state index is 0.111. The lowest BCUT2D eigenvalue weighted by atomic mass is 10.2. The predicted molar refractivity (Wildman–Crippen MR) is 97.7 cm³/mol. The van der Waals surface area contributed by atoms with Gasteiger partial charge in [0.05, 0.1) is 12.8 Å². The van der Waals surface area contributed by atoms with E-state index in [1.165, 1.54) is 12.0 Å². The number of hydrogen-bond donors (Lipinski definition) is 2. The molecular formula is C15H19N3O4S2. The first-order chi connectivity index (χ1) is 11.5. The molecule has 1 heterocycles. The van der Waals surface area contributed by atoms with Crippen molar-refractivity contribution in [1.29, 1.82) is 0 Å². The molecule has 0 radical (unpaired) electrons. The first-order valence-corrected chi connectivity index (χ1v) is 9.00. The molecule has 3 N–H and O–H groups in total. The van der Waals surface area contributed by atoms with E-state index in [0.717, 1.165) is 5.75 Å². The molecule has 24 heavy (non-hydrogen) atoms. The van der Waals surface area contributed by atoms with Gasteiger partial charge in [0.15, 0.2) is 23.2 Å². The van der Waals surface area contributed by atoms with Gasteiger partial charge in [0.2, 0.25) is 0 Å². The molecule has 0 saturated carbocycles. The summed E-state index contributed by atoms with van der Waals surface area (Å²) in [6.07, 6.45) is 2.68. The highest BCUT2D eigenvalue weighted by Crippen LogP contribution is 2.33. The second-order valence-corrected chi connectivity index (χ2v) is 6.42. The van der Waals surface area contributed by atoms with Crippen LogP contribution in [0, 0.1) is 0 Å². The van der Waals surface area contributed by atoms with Crippen LogP contribution in [0.25, 0.3) is 0 Å². The maximum Gasteiger partial charge on any atom is 0.255 e. The number of ether oxygens (including phenoxy) is 2. The molecule has 0 spiro atoms. The molecule has 2 amide bonds. The zero-order valence-corrected chi connectivity index (χ0v) is 15.0. The van der Waals surface area contributed by atoms with Gasteiger partial charge in [0.25, 0.3) is 11.8 Å². The highest BCUT2D eigenvalue weighted by molar-refractivity contribution is 7.98. The molecule has 1 aromatic carbocycles. The Morgan fingerprint density at radius 3 is 2.83 bits per heavy atom. The predicted octanol–water partition coefficient (Wildman–Crippen LogP) is 0.902. The van der Waals surface area contributed by atoms with Gasteiger partial charge < -0.3 is 20.5 Å². The number of hydrogen-bond acceptors (Lipinski definition) is 6. The van der Waals surface area contributed by atoms with Gasteiger partial charge >= 0.3 is 0 Å². The number of anilines is 1. The van der Waals surface area contributed by atoms with Crippen molar-refractivity contribution in [2.75, 3.05) is 30.6 Å². The number of carbonyl (C=O) groups is 2. The van der Waals surface area contributed by atoms with Crippen LogP contribution in [0.1, 0.15) is 6.42 Å². The highest BCUT2D eigenvalue weighted by atomic mass is 32.2. The first kappa shape index (κ1) is 18.3. The fraction of sp³-hybridized carbons (Fsp3) is 0.400. The van der Waals surface area contributed by atoms with Crippen molar-refractivity contribution >= 4 is 46.6 Å². The molecule has 0 aromatic heterocycles. The number of amides is 2. The number of methoxy groups -OCH3 is 1. The molecule has 1 aliphatic rings. The standard InChI is InChI=1S/C15H19N3O4S2/c1-21-11-4-3-9(7-12(11)22-8-13(16)19)18-14(20)10(5-6-24-2)17-15(18)23/h3-4,7,10H,5-6,8H2,1-2H3,(H2,16,19)(H,17,23)/t10-/m0/s1. The molecule has 1 atom stereocenters. The minimum atomic E-state index is -0.603. The van der Waals surface area contributed by atoms with E-state index in [9.17, 15) is 9.59 Å². The van der Waals surface area contributed by atoms with E-state index in [2.05, 4.69) is 5.32 Å². The van der Waals surface area contributed by atoms with E-state index in [1.807, 2.05) is 6.26 Å². The van der Waals surface area contributed by atoms with Crippen molar-refractivity contribution in [2.24, 2.45) is 5.73 Å². The van der Waals surface area contributed by atoms with E-state index in [4.69, 9.17) is 27.4 Å². The van der Waals surface area contributed by atoms with Gasteiger partial charge in [-0.15, -0.1) is 0 Å². The summed E-state index contributed by atoms with van der Waals surface area (Å²) < 4.78 is 10.5. The summed E-state index contributed by atoms with van der Waals surface area (Å²) in [5, 5.41) is 3.38. The van der Waals surface area contributed by atoms with Crippen molar-refractivity contribution < 1.29 is 19.1 Å². The lowest BCUT2D eigenvalue weighted by molar-refractivity contribution is -0.120. The van der Waals surface area contributed by atoms with Crippen LogP contribution in [0.2, 0.25) is 0 Å². The van der Waals surface area contributed by atoms with Gasteiger partial charge in [-0.1, -0.05) is 0 Å². The number of primary amides is 1. The smallest absolute Gasteiger partial charge is 0.255 e. The molecule has 1 fully saturated rings. The molecule has 0 bridgehead atoms. The normalized spacial score (nSPS) is 16.9. The summed E-state index contributed by atoms with van der Waals surface area (Å²) in [5.41, 5.74) is 5.64. The number of nitrogens with one attached hydrogen (secondary N) is 1. The van der Waals surface area contributed by atoms with Gasteiger partial charge in [-0.3, -0.25) is 14.5 Å². The Morgan fingerprint density at radius 1 is 1.46 bits per heavy atom. The third kappa shape index (κ3) is 4.09. The second kappa shape index (κ2) is 8.20. The maximum absolute atomic E-state index is 12.6. The van der Waals surface area contributed by atoms with E-state index in [-0.39, 0.29) is 18.6 Å². The molecule has 130 valence electrons. The summed E-state index contributed by atoms with van der Waals surface area (Å²) in [7, 11) is 1.48. The van der Waals surface area contributed by atoms with Gasteiger partial charge in [-0.25, -0.2) is 0 Å². The third-order valence-corrected chi connectivity index (χ3v) is 4.35. The van der Waals surface area contributed by atoms with Crippen LogP contribution in [-0.2, 0) is 9.59 Å². The van der Waals surface area contributed by atoms with E-state index >= 15 is 0 Å².